The SMILES string of the molecule is CC[C@@H](NC(=O)c1ccc(Cl)cc1Cl)c1ccccc1. The fourth-order valence-electron chi connectivity index (χ4n) is 2.02. The number of carbonyl (C=O) groups is 1. The largest absolute Gasteiger partial charge is 0.345 e. The number of rotatable bonds is 4. The average Bonchev–Trinajstić information content (AvgIpc) is 2.45. The third-order valence-corrected chi connectivity index (χ3v) is 3.64. The maximum Gasteiger partial charge on any atom is 0.253 e. The van der Waals surface area contributed by atoms with E-state index in [0.717, 1.165) is 12.0 Å². The minimum Gasteiger partial charge on any atom is -0.345 e. The van der Waals surface area contributed by atoms with Crippen LogP contribution in [0.5, 0.6) is 0 Å². The summed E-state index contributed by atoms with van der Waals surface area (Å²) in [5.74, 6) is -0.192. The standard InChI is InChI=1S/C16H15Cl2NO/c1-2-15(11-6-4-3-5-7-11)19-16(20)13-9-8-12(17)10-14(13)18/h3-10,15H,2H2,1H3,(H,19,20)/t15-/m1/s1. The molecule has 0 aliphatic rings. The van der Waals surface area contributed by atoms with Gasteiger partial charge in [-0.15, -0.1) is 0 Å². The second kappa shape index (κ2) is 6.78. The fourth-order valence-corrected chi connectivity index (χ4v) is 2.51. The van der Waals surface area contributed by atoms with Crippen LogP contribution in [0.4, 0.5) is 0 Å². The monoisotopic (exact) mass is 307 g/mol. The predicted octanol–water partition coefficient (Wildman–Crippen LogP) is 4.87. The third-order valence-electron chi connectivity index (χ3n) is 3.09. The van der Waals surface area contributed by atoms with Crippen molar-refractivity contribution in [1.82, 2.24) is 5.32 Å². The fraction of sp³-hybridized carbons (Fsp3) is 0.188. The molecule has 104 valence electrons. The van der Waals surface area contributed by atoms with Crippen LogP contribution in [0.1, 0.15) is 35.3 Å². The lowest BCUT2D eigenvalue weighted by Crippen LogP contribution is -2.28. The van der Waals surface area contributed by atoms with Crippen LogP contribution in [0.2, 0.25) is 10.0 Å². The number of nitrogens with one attached hydrogen (secondary N) is 1. The van der Waals surface area contributed by atoms with Gasteiger partial charge in [0.25, 0.3) is 5.91 Å². The Morgan fingerprint density at radius 2 is 1.85 bits per heavy atom. The van der Waals surface area contributed by atoms with E-state index in [4.69, 9.17) is 23.2 Å². The lowest BCUT2D eigenvalue weighted by atomic mass is 10.0. The average molecular weight is 308 g/mol. The van der Waals surface area contributed by atoms with E-state index in [1.54, 1.807) is 18.2 Å². The quantitative estimate of drug-likeness (QED) is 0.857. The van der Waals surface area contributed by atoms with Gasteiger partial charge < -0.3 is 5.32 Å². The lowest BCUT2D eigenvalue weighted by molar-refractivity contribution is 0.0935. The van der Waals surface area contributed by atoms with Crippen molar-refractivity contribution in [2.45, 2.75) is 19.4 Å². The second-order valence-electron chi connectivity index (χ2n) is 4.47. The van der Waals surface area contributed by atoms with E-state index in [-0.39, 0.29) is 11.9 Å². The maximum absolute atomic E-state index is 12.3. The molecule has 1 amide bonds. The molecule has 0 saturated heterocycles. The van der Waals surface area contributed by atoms with Crippen LogP contribution in [0, 0.1) is 0 Å². The van der Waals surface area contributed by atoms with Crippen molar-refractivity contribution in [2.24, 2.45) is 0 Å². The molecule has 0 unspecified atom stereocenters. The van der Waals surface area contributed by atoms with Crippen LogP contribution in [0.15, 0.2) is 48.5 Å². The summed E-state index contributed by atoms with van der Waals surface area (Å²) in [7, 11) is 0. The Hall–Kier alpha value is -1.51. The van der Waals surface area contributed by atoms with Gasteiger partial charge in [-0.2, -0.15) is 0 Å². The summed E-state index contributed by atoms with van der Waals surface area (Å²) in [5.41, 5.74) is 1.51. The number of hydrogen-bond donors (Lipinski definition) is 1. The molecule has 4 heteroatoms. The Bertz CT molecular complexity index is 599. The van der Waals surface area contributed by atoms with E-state index in [1.807, 2.05) is 37.3 Å². The van der Waals surface area contributed by atoms with Gasteiger partial charge >= 0.3 is 0 Å². The van der Waals surface area contributed by atoms with E-state index >= 15 is 0 Å². The van der Waals surface area contributed by atoms with Crippen molar-refractivity contribution in [1.29, 1.82) is 0 Å². The van der Waals surface area contributed by atoms with E-state index in [2.05, 4.69) is 5.32 Å². The van der Waals surface area contributed by atoms with Crippen molar-refractivity contribution < 1.29 is 4.79 Å². The topological polar surface area (TPSA) is 29.1 Å². The van der Waals surface area contributed by atoms with Crippen LogP contribution >= 0.6 is 23.2 Å². The minimum absolute atomic E-state index is 0.0320. The highest BCUT2D eigenvalue weighted by atomic mass is 35.5. The zero-order valence-corrected chi connectivity index (χ0v) is 12.6. The van der Waals surface area contributed by atoms with Crippen LogP contribution in [0.25, 0.3) is 0 Å². The summed E-state index contributed by atoms with van der Waals surface area (Å²) in [6, 6.07) is 14.7. The number of carbonyl (C=O) groups excluding carboxylic acids is 1. The molecule has 0 radical (unpaired) electrons. The molecule has 20 heavy (non-hydrogen) atoms. The van der Waals surface area contributed by atoms with Crippen LogP contribution in [-0.2, 0) is 0 Å². The number of hydrogen-bond acceptors (Lipinski definition) is 1. The summed E-state index contributed by atoms with van der Waals surface area (Å²) < 4.78 is 0. The Kier molecular flexibility index (Phi) is 5.05. The van der Waals surface area contributed by atoms with Gasteiger partial charge in [0, 0.05) is 5.02 Å². The predicted molar refractivity (Wildman–Crippen MR) is 83.4 cm³/mol. The van der Waals surface area contributed by atoms with E-state index in [1.165, 1.54) is 0 Å². The molecule has 1 atom stereocenters. The molecule has 2 rings (SSSR count). The number of amides is 1. The molecule has 2 aromatic rings. The van der Waals surface area contributed by atoms with Crippen LogP contribution in [0.3, 0.4) is 0 Å². The first-order valence-electron chi connectivity index (χ1n) is 6.42. The molecule has 0 aliphatic carbocycles. The van der Waals surface area contributed by atoms with Crippen molar-refractivity contribution >= 4 is 29.1 Å². The molecule has 0 bridgehead atoms. The summed E-state index contributed by atoms with van der Waals surface area (Å²) in [6.45, 7) is 2.03. The first kappa shape index (κ1) is 14.9. The second-order valence-corrected chi connectivity index (χ2v) is 5.31. The summed E-state index contributed by atoms with van der Waals surface area (Å²) in [5, 5.41) is 3.87. The summed E-state index contributed by atoms with van der Waals surface area (Å²) in [4.78, 5) is 12.3. The highest BCUT2D eigenvalue weighted by Crippen LogP contribution is 2.22. The molecular formula is C16H15Cl2NO. The van der Waals surface area contributed by atoms with E-state index in [0.29, 0.717) is 15.6 Å². The molecule has 0 fully saturated rings. The van der Waals surface area contributed by atoms with Gasteiger partial charge in [-0.3, -0.25) is 4.79 Å². The molecule has 0 spiro atoms. The van der Waals surface area contributed by atoms with Gasteiger partial charge in [-0.05, 0) is 30.2 Å². The van der Waals surface area contributed by atoms with Crippen molar-refractivity contribution in [3.8, 4) is 0 Å². The molecular weight excluding hydrogens is 293 g/mol. The molecule has 1 N–H and O–H groups in total. The third kappa shape index (κ3) is 3.53. The zero-order valence-electron chi connectivity index (χ0n) is 11.1. The van der Waals surface area contributed by atoms with Crippen molar-refractivity contribution in [2.75, 3.05) is 0 Å². The molecule has 0 aliphatic heterocycles. The van der Waals surface area contributed by atoms with Gasteiger partial charge in [0.1, 0.15) is 0 Å². The van der Waals surface area contributed by atoms with Gasteiger partial charge in [0.2, 0.25) is 0 Å². The van der Waals surface area contributed by atoms with E-state index < -0.39 is 0 Å². The van der Waals surface area contributed by atoms with Crippen LogP contribution in [-0.4, -0.2) is 5.91 Å². The zero-order chi connectivity index (χ0) is 14.5. The summed E-state index contributed by atoms with van der Waals surface area (Å²) in [6.07, 6.45) is 0.807. The van der Waals surface area contributed by atoms with Crippen molar-refractivity contribution in [3.63, 3.8) is 0 Å². The number of halogens is 2. The smallest absolute Gasteiger partial charge is 0.253 e. The normalized spacial score (nSPS) is 11.9. The van der Waals surface area contributed by atoms with E-state index in [9.17, 15) is 4.79 Å². The lowest BCUT2D eigenvalue weighted by Gasteiger charge is -2.18. The molecule has 2 nitrogen and oxygen atoms in total. The molecule has 2 aromatic carbocycles. The maximum atomic E-state index is 12.3. The first-order valence-corrected chi connectivity index (χ1v) is 7.18. The number of benzene rings is 2. The van der Waals surface area contributed by atoms with Gasteiger partial charge in [-0.25, -0.2) is 0 Å². The molecule has 0 saturated carbocycles. The Labute approximate surface area is 128 Å². The molecule has 0 heterocycles. The summed E-state index contributed by atoms with van der Waals surface area (Å²) >= 11 is 11.9. The van der Waals surface area contributed by atoms with Gasteiger partial charge in [-0.1, -0.05) is 60.5 Å². The highest BCUT2D eigenvalue weighted by molar-refractivity contribution is 6.36. The Morgan fingerprint density at radius 3 is 2.45 bits per heavy atom. The first-order chi connectivity index (χ1) is 9.61. The van der Waals surface area contributed by atoms with Gasteiger partial charge in [0.05, 0.1) is 16.6 Å². The Balaban J connectivity index is 2.17. The van der Waals surface area contributed by atoms with Crippen LogP contribution < -0.4 is 5.32 Å². The van der Waals surface area contributed by atoms with Crippen molar-refractivity contribution in [3.05, 3.63) is 69.7 Å². The minimum atomic E-state index is -0.192. The Morgan fingerprint density at radius 1 is 1.15 bits per heavy atom. The molecule has 0 aromatic heterocycles. The van der Waals surface area contributed by atoms with Gasteiger partial charge in [0.15, 0.2) is 0 Å². The highest BCUT2D eigenvalue weighted by Gasteiger charge is 2.16.